The maximum absolute atomic E-state index is 11.2. The Balaban J connectivity index is 2.84. The summed E-state index contributed by atoms with van der Waals surface area (Å²) in [6.45, 7) is 3.81. The van der Waals surface area contributed by atoms with Gasteiger partial charge in [-0.2, -0.15) is 0 Å². The molecule has 0 aliphatic heterocycles. The average molecular weight is 237 g/mol. The van der Waals surface area contributed by atoms with E-state index in [9.17, 15) is 15.0 Å². The van der Waals surface area contributed by atoms with Crippen LogP contribution in [0.25, 0.3) is 0 Å². The Morgan fingerprint density at radius 1 is 1.29 bits per heavy atom. The lowest BCUT2D eigenvalue weighted by molar-refractivity contribution is -0.140. The lowest BCUT2D eigenvalue weighted by Gasteiger charge is -2.24. The van der Waals surface area contributed by atoms with Gasteiger partial charge in [-0.15, -0.1) is 0 Å². The summed E-state index contributed by atoms with van der Waals surface area (Å²) in [4.78, 5) is 11.2. The van der Waals surface area contributed by atoms with Gasteiger partial charge in [-0.05, 0) is 11.5 Å². The van der Waals surface area contributed by atoms with Gasteiger partial charge < -0.3 is 10.2 Å². The molecule has 2 unspecified atom stereocenters. The van der Waals surface area contributed by atoms with Crippen molar-refractivity contribution in [1.29, 1.82) is 0 Å². The van der Waals surface area contributed by atoms with Gasteiger partial charge in [-0.3, -0.25) is 10.1 Å². The number of aliphatic hydroxyl groups is 1. The lowest BCUT2D eigenvalue weighted by Crippen LogP contribution is -2.42. The Morgan fingerprint density at radius 2 is 1.88 bits per heavy atom. The predicted molar refractivity (Wildman–Crippen MR) is 65.7 cm³/mol. The van der Waals surface area contributed by atoms with Crippen molar-refractivity contribution in [3.63, 3.8) is 0 Å². The van der Waals surface area contributed by atoms with Crippen molar-refractivity contribution < 1.29 is 15.0 Å². The fourth-order valence-electron chi connectivity index (χ4n) is 1.63. The van der Waals surface area contributed by atoms with Gasteiger partial charge >= 0.3 is 5.97 Å². The Morgan fingerprint density at radius 3 is 2.29 bits per heavy atom. The van der Waals surface area contributed by atoms with Crippen LogP contribution in [-0.2, 0) is 4.79 Å². The average Bonchev–Trinajstić information content (AvgIpc) is 2.30. The third kappa shape index (κ3) is 3.84. The first-order valence-electron chi connectivity index (χ1n) is 5.71. The maximum atomic E-state index is 11.2. The number of benzene rings is 1. The molecule has 0 saturated heterocycles. The molecule has 0 aliphatic carbocycles. The van der Waals surface area contributed by atoms with Crippen molar-refractivity contribution in [2.45, 2.75) is 25.9 Å². The van der Waals surface area contributed by atoms with Crippen LogP contribution < -0.4 is 5.32 Å². The van der Waals surface area contributed by atoms with E-state index in [-0.39, 0.29) is 18.6 Å². The van der Waals surface area contributed by atoms with Crippen LogP contribution in [0.3, 0.4) is 0 Å². The zero-order valence-corrected chi connectivity index (χ0v) is 10.1. The Kier molecular flexibility index (Phi) is 5.12. The van der Waals surface area contributed by atoms with E-state index in [4.69, 9.17) is 0 Å². The van der Waals surface area contributed by atoms with Crippen molar-refractivity contribution in [1.82, 2.24) is 5.32 Å². The minimum atomic E-state index is -0.935. The number of rotatable bonds is 6. The summed E-state index contributed by atoms with van der Waals surface area (Å²) in [5.41, 5.74) is 0.694. The highest BCUT2D eigenvalue weighted by Crippen LogP contribution is 2.15. The van der Waals surface area contributed by atoms with Crippen LogP contribution in [-0.4, -0.2) is 28.8 Å². The van der Waals surface area contributed by atoms with Crippen molar-refractivity contribution >= 4 is 5.97 Å². The van der Waals surface area contributed by atoms with Crippen LogP contribution in [0, 0.1) is 5.92 Å². The van der Waals surface area contributed by atoms with Crippen LogP contribution in [0.15, 0.2) is 30.3 Å². The van der Waals surface area contributed by atoms with Crippen LogP contribution in [0.1, 0.15) is 25.5 Å². The molecule has 2 atom stereocenters. The molecule has 17 heavy (non-hydrogen) atoms. The zero-order valence-electron chi connectivity index (χ0n) is 10.1. The molecule has 1 rings (SSSR count). The van der Waals surface area contributed by atoms with Gasteiger partial charge in [0.15, 0.2) is 0 Å². The second-order valence-electron chi connectivity index (χ2n) is 4.38. The zero-order chi connectivity index (χ0) is 12.8. The summed E-state index contributed by atoms with van der Waals surface area (Å²) in [5.74, 6) is -0.763. The summed E-state index contributed by atoms with van der Waals surface area (Å²) in [6, 6.07) is 7.97. The van der Waals surface area contributed by atoms with E-state index in [1.54, 1.807) is 24.3 Å². The molecule has 3 N–H and O–H groups in total. The van der Waals surface area contributed by atoms with Crippen molar-refractivity contribution in [3.05, 3.63) is 35.9 Å². The summed E-state index contributed by atoms with van der Waals surface area (Å²) in [7, 11) is 0. The molecular formula is C13H19NO3. The topological polar surface area (TPSA) is 69.6 Å². The van der Waals surface area contributed by atoms with Gasteiger partial charge in [-0.1, -0.05) is 44.2 Å². The van der Waals surface area contributed by atoms with Gasteiger partial charge in [0.1, 0.15) is 6.04 Å². The monoisotopic (exact) mass is 237 g/mol. The van der Waals surface area contributed by atoms with Crippen molar-refractivity contribution in [2.24, 2.45) is 5.92 Å². The highest BCUT2D eigenvalue weighted by Gasteiger charge is 2.24. The molecule has 0 fully saturated rings. The fraction of sp³-hybridized carbons (Fsp3) is 0.462. The Bertz CT molecular complexity index is 351. The Hall–Kier alpha value is -1.39. The standard InChI is InChI=1S/C13H19NO3/c1-9(2)11(8-15)14-12(13(16)17)10-6-4-3-5-7-10/h3-7,9,11-12,14-15H,8H2,1-2H3,(H,16,17). The largest absolute Gasteiger partial charge is 0.480 e. The molecule has 0 heterocycles. The first-order chi connectivity index (χ1) is 8.06. The summed E-state index contributed by atoms with van der Waals surface area (Å²) >= 11 is 0. The third-order valence-electron chi connectivity index (χ3n) is 2.76. The molecule has 0 bridgehead atoms. The van der Waals surface area contributed by atoms with Crippen LogP contribution >= 0.6 is 0 Å². The molecule has 4 nitrogen and oxygen atoms in total. The molecule has 94 valence electrons. The summed E-state index contributed by atoms with van der Waals surface area (Å²) in [6.07, 6.45) is 0. The minimum Gasteiger partial charge on any atom is -0.480 e. The van der Waals surface area contributed by atoms with E-state index in [1.807, 2.05) is 19.9 Å². The summed E-state index contributed by atoms with van der Waals surface area (Å²) in [5, 5.41) is 21.4. The highest BCUT2D eigenvalue weighted by atomic mass is 16.4. The van der Waals surface area contributed by atoms with Gasteiger partial charge in [0, 0.05) is 6.04 Å². The van der Waals surface area contributed by atoms with Crippen molar-refractivity contribution in [3.8, 4) is 0 Å². The molecule has 1 aromatic rings. The van der Waals surface area contributed by atoms with E-state index in [0.717, 1.165) is 0 Å². The number of nitrogens with one attached hydrogen (secondary N) is 1. The molecule has 0 aromatic heterocycles. The number of hydrogen-bond donors (Lipinski definition) is 3. The third-order valence-corrected chi connectivity index (χ3v) is 2.76. The second kappa shape index (κ2) is 6.37. The van der Waals surface area contributed by atoms with Gasteiger partial charge in [0.25, 0.3) is 0 Å². The van der Waals surface area contributed by atoms with Gasteiger partial charge in [0.2, 0.25) is 0 Å². The molecule has 0 saturated carbocycles. The van der Waals surface area contributed by atoms with E-state index in [0.29, 0.717) is 5.56 Å². The Labute approximate surface area is 101 Å². The maximum Gasteiger partial charge on any atom is 0.325 e. The number of carboxylic acids is 1. The number of carbonyl (C=O) groups is 1. The first-order valence-corrected chi connectivity index (χ1v) is 5.71. The fourth-order valence-corrected chi connectivity index (χ4v) is 1.63. The quantitative estimate of drug-likeness (QED) is 0.700. The number of hydrogen-bond acceptors (Lipinski definition) is 3. The molecule has 0 aliphatic rings. The second-order valence-corrected chi connectivity index (χ2v) is 4.38. The molecule has 0 radical (unpaired) electrons. The van der Waals surface area contributed by atoms with E-state index in [1.165, 1.54) is 0 Å². The summed E-state index contributed by atoms with van der Waals surface area (Å²) < 4.78 is 0. The van der Waals surface area contributed by atoms with Gasteiger partial charge in [0.05, 0.1) is 6.61 Å². The number of carboxylic acid groups (broad SMARTS) is 1. The first kappa shape index (κ1) is 13.7. The highest BCUT2D eigenvalue weighted by molar-refractivity contribution is 5.75. The van der Waals surface area contributed by atoms with Crippen molar-refractivity contribution in [2.75, 3.05) is 6.61 Å². The predicted octanol–water partition coefficient (Wildman–Crippen LogP) is 1.42. The number of aliphatic carboxylic acids is 1. The molecular weight excluding hydrogens is 218 g/mol. The van der Waals surface area contributed by atoms with Gasteiger partial charge in [-0.25, -0.2) is 0 Å². The van der Waals surface area contributed by atoms with Crippen LogP contribution in [0.2, 0.25) is 0 Å². The van der Waals surface area contributed by atoms with Crippen LogP contribution in [0.4, 0.5) is 0 Å². The van der Waals surface area contributed by atoms with E-state index < -0.39 is 12.0 Å². The smallest absolute Gasteiger partial charge is 0.325 e. The van der Waals surface area contributed by atoms with E-state index in [2.05, 4.69) is 5.32 Å². The number of aliphatic hydroxyl groups excluding tert-OH is 1. The molecule has 4 heteroatoms. The lowest BCUT2D eigenvalue weighted by atomic mass is 10.0. The van der Waals surface area contributed by atoms with E-state index >= 15 is 0 Å². The SMILES string of the molecule is CC(C)C(CO)NC(C(=O)O)c1ccccc1. The molecule has 1 aromatic carbocycles. The minimum absolute atomic E-state index is 0.0751. The van der Waals surface area contributed by atoms with Crippen LogP contribution in [0.5, 0.6) is 0 Å². The molecule has 0 spiro atoms. The normalized spacial score (nSPS) is 14.6. The molecule has 0 amide bonds.